The summed E-state index contributed by atoms with van der Waals surface area (Å²) in [7, 11) is 0. The Morgan fingerprint density at radius 1 is 1.23 bits per heavy atom. The van der Waals surface area contributed by atoms with Gasteiger partial charge in [0.2, 0.25) is 0 Å². The molecule has 0 atom stereocenters. The largest absolute Gasteiger partial charge is 0.507 e. The van der Waals surface area contributed by atoms with Crippen molar-refractivity contribution >= 4 is 11.0 Å². The Balaban J connectivity index is 0.000000845. The molecule has 0 spiro atoms. The summed E-state index contributed by atoms with van der Waals surface area (Å²) in [5.41, 5.74) is -0.131. The molecule has 1 heterocycles. The quantitative estimate of drug-likeness (QED) is 0.630. The molecule has 0 unspecified atom stereocenters. The van der Waals surface area contributed by atoms with Gasteiger partial charge >= 0.3 is 5.63 Å². The van der Waals surface area contributed by atoms with Crippen LogP contribution in [0, 0.1) is 0 Å². The van der Waals surface area contributed by atoms with Crippen molar-refractivity contribution in [3.05, 3.63) is 40.8 Å². The van der Waals surface area contributed by atoms with Crippen molar-refractivity contribution < 1.29 is 14.2 Å². The van der Waals surface area contributed by atoms with E-state index in [0.717, 1.165) is 6.07 Å². The van der Waals surface area contributed by atoms with E-state index in [1.807, 2.05) is 0 Å². The number of para-hydroxylation sites is 1. The van der Waals surface area contributed by atoms with Gasteiger partial charge in [-0.15, -0.1) is 0 Å². The summed E-state index contributed by atoms with van der Waals surface area (Å²) < 4.78 is 4.83. The molecule has 1 aromatic carbocycles. The zero-order valence-electron chi connectivity index (χ0n) is 6.56. The van der Waals surface area contributed by atoms with E-state index in [-0.39, 0.29) is 10.5 Å². The van der Waals surface area contributed by atoms with Crippen LogP contribution in [0.15, 0.2) is 39.5 Å². The standard InChI is InChI=1S/C9H6O3.FH/c10-7-5-9(11)12-8-4-2-1-3-6(7)8;/h1-5,10H;1H. The molecule has 13 heavy (non-hydrogen) atoms. The first kappa shape index (κ1) is 9.25. The van der Waals surface area contributed by atoms with Crippen molar-refractivity contribution in [1.29, 1.82) is 0 Å². The van der Waals surface area contributed by atoms with Gasteiger partial charge in [0.1, 0.15) is 11.3 Å². The van der Waals surface area contributed by atoms with Gasteiger partial charge in [0.05, 0.1) is 11.5 Å². The van der Waals surface area contributed by atoms with Crippen LogP contribution in [0.3, 0.4) is 0 Å². The fraction of sp³-hybridized carbons (Fsp3) is 0. The van der Waals surface area contributed by atoms with E-state index in [4.69, 9.17) is 4.42 Å². The van der Waals surface area contributed by atoms with Crippen LogP contribution in [0.1, 0.15) is 0 Å². The molecule has 0 aliphatic rings. The van der Waals surface area contributed by atoms with Gasteiger partial charge in [-0.05, 0) is 12.1 Å². The molecule has 0 bridgehead atoms. The molecule has 3 nitrogen and oxygen atoms in total. The van der Waals surface area contributed by atoms with Gasteiger partial charge in [0.25, 0.3) is 0 Å². The topological polar surface area (TPSA) is 50.4 Å². The van der Waals surface area contributed by atoms with E-state index in [1.54, 1.807) is 24.3 Å². The van der Waals surface area contributed by atoms with Gasteiger partial charge in [-0.2, -0.15) is 0 Å². The van der Waals surface area contributed by atoms with E-state index in [2.05, 4.69) is 0 Å². The van der Waals surface area contributed by atoms with E-state index in [0.29, 0.717) is 11.0 Å². The van der Waals surface area contributed by atoms with Crippen LogP contribution in [0.5, 0.6) is 5.75 Å². The van der Waals surface area contributed by atoms with Crippen LogP contribution in [0.2, 0.25) is 0 Å². The Morgan fingerprint density at radius 2 is 1.92 bits per heavy atom. The number of benzene rings is 1. The van der Waals surface area contributed by atoms with Crippen molar-refractivity contribution in [3.63, 3.8) is 0 Å². The van der Waals surface area contributed by atoms with Crippen LogP contribution in [-0.4, -0.2) is 5.11 Å². The van der Waals surface area contributed by atoms with Gasteiger partial charge in [0.15, 0.2) is 0 Å². The lowest BCUT2D eigenvalue weighted by Gasteiger charge is -1.96. The first-order valence-electron chi connectivity index (χ1n) is 3.49. The minimum atomic E-state index is -0.536. The number of aromatic hydroxyl groups is 1. The maximum Gasteiger partial charge on any atom is 0.339 e. The highest BCUT2D eigenvalue weighted by Crippen LogP contribution is 2.20. The zero-order valence-corrected chi connectivity index (χ0v) is 6.56. The summed E-state index contributed by atoms with van der Waals surface area (Å²) in [6.07, 6.45) is 0. The average molecular weight is 182 g/mol. The maximum absolute atomic E-state index is 10.8. The van der Waals surface area contributed by atoms with Crippen molar-refractivity contribution in [2.75, 3.05) is 0 Å². The molecule has 0 fully saturated rings. The van der Waals surface area contributed by atoms with Crippen LogP contribution in [0.25, 0.3) is 11.0 Å². The molecule has 2 aromatic rings. The average Bonchev–Trinajstić information content (AvgIpc) is 2.04. The molecule has 0 radical (unpaired) electrons. The summed E-state index contributed by atoms with van der Waals surface area (Å²) >= 11 is 0. The minimum absolute atomic E-state index is 0. The fourth-order valence-electron chi connectivity index (χ4n) is 1.09. The maximum atomic E-state index is 10.8. The molecule has 0 aliphatic heterocycles. The highest BCUT2D eigenvalue weighted by atomic mass is 19.0. The van der Waals surface area contributed by atoms with Crippen LogP contribution >= 0.6 is 0 Å². The molecule has 0 saturated heterocycles. The number of rotatable bonds is 0. The van der Waals surface area contributed by atoms with Gasteiger partial charge in [-0.1, -0.05) is 12.1 Å². The molecule has 0 amide bonds. The van der Waals surface area contributed by atoms with Crippen LogP contribution < -0.4 is 5.63 Å². The molecule has 1 aromatic heterocycles. The van der Waals surface area contributed by atoms with Crippen LogP contribution in [-0.2, 0) is 0 Å². The zero-order chi connectivity index (χ0) is 8.55. The predicted molar refractivity (Wildman–Crippen MR) is 46.7 cm³/mol. The molecule has 2 rings (SSSR count). The van der Waals surface area contributed by atoms with Crippen molar-refractivity contribution in [1.82, 2.24) is 0 Å². The molecule has 0 saturated carbocycles. The molecule has 1 N–H and O–H groups in total. The van der Waals surface area contributed by atoms with Crippen molar-refractivity contribution in [2.45, 2.75) is 0 Å². The lowest BCUT2D eigenvalue weighted by molar-refractivity contribution is 0.468. The summed E-state index contributed by atoms with van der Waals surface area (Å²) in [4.78, 5) is 10.8. The van der Waals surface area contributed by atoms with Gasteiger partial charge in [-0.25, -0.2) is 4.79 Å². The first-order valence-corrected chi connectivity index (χ1v) is 3.49. The van der Waals surface area contributed by atoms with Gasteiger partial charge < -0.3 is 9.52 Å². The number of hydrogen-bond acceptors (Lipinski definition) is 3. The summed E-state index contributed by atoms with van der Waals surface area (Å²) in [6, 6.07) is 7.89. The third-order valence-corrected chi connectivity index (χ3v) is 1.63. The molecular weight excluding hydrogens is 175 g/mol. The Labute approximate surface area is 72.6 Å². The smallest absolute Gasteiger partial charge is 0.339 e. The number of hydrogen-bond donors (Lipinski definition) is 1. The summed E-state index contributed by atoms with van der Waals surface area (Å²) in [5.74, 6) is -0.0400. The third-order valence-electron chi connectivity index (χ3n) is 1.63. The number of fused-ring (bicyclic) bond motifs is 1. The predicted octanol–water partition coefficient (Wildman–Crippen LogP) is 1.65. The van der Waals surface area contributed by atoms with Crippen LogP contribution in [0.4, 0.5) is 4.70 Å². The fourth-order valence-corrected chi connectivity index (χ4v) is 1.09. The summed E-state index contributed by atoms with van der Waals surface area (Å²) in [6.45, 7) is 0. The monoisotopic (exact) mass is 182 g/mol. The van der Waals surface area contributed by atoms with E-state index < -0.39 is 5.63 Å². The SMILES string of the molecule is F.O=c1cc(O)c2ccccc2o1. The second kappa shape index (κ2) is 3.26. The Hall–Kier alpha value is -1.84. The highest BCUT2D eigenvalue weighted by molar-refractivity contribution is 5.82. The van der Waals surface area contributed by atoms with E-state index >= 15 is 0 Å². The van der Waals surface area contributed by atoms with Crippen molar-refractivity contribution in [3.8, 4) is 5.75 Å². The molecule has 0 aliphatic carbocycles. The molecular formula is C9H7FO3. The van der Waals surface area contributed by atoms with Gasteiger partial charge in [-0.3, -0.25) is 4.70 Å². The second-order valence-corrected chi connectivity index (χ2v) is 2.45. The lowest BCUT2D eigenvalue weighted by Crippen LogP contribution is -1.94. The summed E-state index contributed by atoms with van der Waals surface area (Å²) in [5, 5.41) is 9.84. The Kier molecular flexibility index (Phi) is 2.32. The first-order chi connectivity index (χ1) is 5.77. The Morgan fingerprint density at radius 3 is 2.69 bits per heavy atom. The third kappa shape index (κ3) is 1.51. The van der Waals surface area contributed by atoms with Gasteiger partial charge in [0, 0.05) is 0 Å². The molecule has 68 valence electrons. The Bertz CT molecular complexity index is 475. The van der Waals surface area contributed by atoms with E-state index in [1.165, 1.54) is 0 Å². The van der Waals surface area contributed by atoms with E-state index in [9.17, 15) is 9.90 Å². The minimum Gasteiger partial charge on any atom is -0.507 e. The van der Waals surface area contributed by atoms with Crippen molar-refractivity contribution in [2.24, 2.45) is 0 Å². The normalized spacial score (nSPS) is 9.54. The highest BCUT2D eigenvalue weighted by Gasteiger charge is 2.01. The lowest BCUT2D eigenvalue weighted by atomic mass is 10.2. The second-order valence-electron chi connectivity index (χ2n) is 2.45. The molecule has 4 heteroatoms. The number of halogens is 1.